The summed E-state index contributed by atoms with van der Waals surface area (Å²) in [4.78, 5) is 12.2. The second-order valence-corrected chi connectivity index (χ2v) is 6.71. The number of anilines is 1. The van der Waals surface area contributed by atoms with Crippen LogP contribution in [0.1, 0.15) is 18.4 Å². The van der Waals surface area contributed by atoms with Crippen molar-refractivity contribution in [1.29, 1.82) is 0 Å². The molecule has 1 amide bonds. The van der Waals surface area contributed by atoms with Crippen molar-refractivity contribution in [3.8, 4) is 0 Å². The Bertz CT molecular complexity index is 607. The van der Waals surface area contributed by atoms with Gasteiger partial charge >= 0.3 is 0 Å². The van der Waals surface area contributed by atoms with Crippen LogP contribution in [-0.2, 0) is 14.8 Å². The number of nitrogens with one attached hydrogen (secondary N) is 3. The average molecular weight is 297 g/mol. The lowest BCUT2D eigenvalue weighted by atomic mass is 10.1. The van der Waals surface area contributed by atoms with Crippen LogP contribution in [0.25, 0.3) is 0 Å². The Morgan fingerprint density at radius 3 is 2.75 bits per heavy atom. The van der Waals surface area contributed by atoms with Gasteiger partial charge in [-0.05, 0) is 51.1 Å². The minimum Gasteiger partial charge on any atom is -0.324 e. The van der Waals surface area contributed by atoms with Gasteiger partial charge in [0.25, 0.3) is 0 Å². The summed E-state index contributed by atoms with van der Waals surface area (Å²) in [6.45, 7) is 2.67. The lowest BCUT2D eigenvalue weighted by molar-refractivity contribution is -0.117. The zero-order valence-corrected chi connectivity index (χ0v) is 12.4. The second-order valence-electron chi connectivity index (χ2n) is 4.82. The van der Waals surface area contributed by atoms with E-state index in [1.54, 1.807) is 6.07 Å². The summed E-state index contributed by atoms with van der Waals surface area (Å²) in [5.41, 5.74) is 1.35. The molecule has 1 heterocycles. The van der Waals surface area contributed by atoms with Gasteiger partial charge in [-0.25, -0.2) is 13.1 Å². The molecule has 1 aliphatic rings. The highest BCUT2D eigenvalue weighted by Crippen LogP contribution is 2.21. The Labute approximate surface area is 119 Å². The van der Waals surface area contributed by atoms with Gasteiger partial charge in [0.15, 0.2) is 0 Å². The fraction of sp³-hybridized carbons (Fsp3) is 0.462. The fourth-order valence-electron chi connectivity index (χ4n) is 2.15. The third kappa shape index (κ3) is 3.17. The standard InChI is InChI=1S/C13H19N3O3S/c1-9-5-6-10(20(18,19)14-2)8-12(9)16-13(17)11-4-3-7-15-11/h5-6,8,11,14-15H,3-4,7H2,1-2H3,(H,16,17)/t11-/m1/s1. The summed E-state index contributed by atoms with van der Waals surface area (Å²) >= 11 is 0. The second kappa shape index (κ2) is 5.90. The predicted molar refractivity (Wildman–Crippen MR) is 77.1 cm³/mol. The van der Waals surface area contributed by atoms with E-state index in [4.69, 9.17) is 0 Å². The normalized spacial score (nSPS) is 19.0. The lowest BCUT2D eigenvalue weighted by Gasteiger charge is -2.14. The third-order valence-electron chi connectivity index (χ3n) is 3.42. The van der Waals surface area contributed by atoms with E-state index in [0.717, 1.165) is 24.9 Å². The third-order valence-corrected chi connectivity index (χ3v) is 4.83. The molecule has 0 spiro atoms. The van der Waals surface area contributed by atoms with Crippen LogP contribution in [0.15, 0.2) is 23.1 Å². The first kappa shape index (κ1) is 15.0. The molecule has 1 aromatic rings. The molecule has 110 valence electrons. The Hall–Kier alpha value is -1.44. The van der Waals surface area contributed by atoms with Gasteiger partial charge in [0.2, 0.25) is 15.9 Å². The van der Waals surface area contributed by atoms with Crippen molar-refractivity contribution in [2.45, 2.75) is 30.7 Å². The van der Waals surface area contributed by atoms with Crippen molar-refractivity contribution in [3.05, 3.63) is 23.8 Å². The van der Waals surface area contributed by atoms with Crippen molar-refractivity contribution >= 4 is 21.6 Å². The molecule has 7 heteroatoms. The lowest BCUT2D eigenvalue weighted by Crippen LogP contribution is -2.35. The number of amides is 1. The van der Waals surface area contributed by atoms with Gasteiger partial charge in [0, 0.05) is 5.69 Å². The number of carbonyl (C=O) groups is 1. The zero-order valence-electron chi connectivity index (χ0n) is 11.6. The number of sulfonamides is 1. The SMILES string of the molecule is CNS(=O)(=O)c1ccc(C)c(NC(=O)[C@H]2CCCN2)c1. The van der Waals surface area contributed by atoms with Crippen LogP contribution in [0.3, 0.4) is 0 Å². The van der Waals surface area contributed by atoms with E-state index in [0.29, 0.717) is 5.69 Å². The van der Waals surface area contributed by atoms with Gasteiger partial charge in [0.05, 0.1) is 10.9 Å². The van der Waals surface area contributed by atoms with E-state index in [1.165, 1.54) is 19.2 Å². The topological polar surface area (TPSA) is 87.3 Å². The van der Waals surface area contributed by atoms with E-state index in [-0.39, 0.29) is 16.8 Å². The minimum atomic E-state index is -3.51. The van der Waals surface area contributed by atoms with E-state index in [9.17, 15) is 13.2 Å². The van der Waals surface area contributed by atoms with E-state index in [1.807, 2.05) is 6.92 Å². The minimum absolute atomic E-state index is 0.121. The van der Waals surface area contributed by atoms with Crippen molar-refractivity contribution in [3.63, 3.8) is 0 Å². The molecule has 3 N–H and O–H groups in total. The van der Waals surface area contributed by atoms with E-state index in [2.05, 4.69) is 15.4 Å². The highest BCUT2D eigenvalue weighted by atomic mass is 32.2. The van der Waals surface area contributed by atoms with E-state index >= 15 is 0 Å². The average Bonchev–Trinajstić information content (AvgIpc) is 2.95. The summed E-state index contributed by atoms with van der Waals surface area (Å²) < 4.78 is 25.8. The van der Waals surface area contributed by atoms with E-state index < -0.39 is 10.0 Å². The number of carbonyl (C=O) groups excluding carboxylic acids is 1. The van der Waals surface area contributed by atoms with Crippen molar-refractivity contribution < 1.29 is 13.2 Å². The maximum Gasteiger partial charge on any atom is 0.241 e. The van der Waals surface area contributed by atoms with Crippen molar-refractivity contribution in [1.82, 2.24) is 10.0 Å². The molecule has 0 radical (unpaired) electrons. The first-order chi connectivity index (χ1) is 9.44. The maximum absolute atomic E-state index is 12.1. The van der Waals surface area contributed by atoms with Crippen molar-refractivity contribution in [2.75, 3.05) is 18.9 Å². The summed E-state index contributed by atoms with van der Waals surface area (Å²) in [6.07, 6.45) is 1.78. The molecule has 1 atom stereocenters. The largest absolute Gasteiger partial charge is 0.324 e. The summed E-state index contributed by atoms with van der Waals surface area (Å²) in [5, 5.41) is 5.90. The molecule has 0 unspecified atom stereocenters. The number of hydrogen-bond donors (Lipinski definition) is 3. The van der Waals surface area contributed by atoms with Crippen LogP contribution < -0.4 is 15.4 Å². The number of aryl methyl sites for hydroxylation is 1. The number of hydrogen-bond acceptors (Lipinski definition) is 4. The molecule has 2 rings (SSSR count). The summed E-state index contributed by atoms with van der Waals surface area (Å²) in [5.74, 6) is -0.121. The smallest absolute Gasteiger partial charge is 0.241 e. The van der Waals surface area contributed by atoms with Crippen LogP contribution in [0.5, 0.6) is 0 Å². The Morgan fingerprint density at radius 2 is 2.15 bits per heavy atom. The highest BCUT2D eigenvalue weighted by molar-refractivity contribution is 7.89. The summed E-state index contributed by atoms with van der Waals surface area (Å²) in [7, 11) is -2.15. The Kier molecular flexibility index (Phi) is 4.42. The van der Waals surface area contributed by atoms with Gasteiger partial charge in [0.1, 0.15) is 0 Å². The quantitative estimate of drug-likeness (QED) is 0.759. The molecule has 1 aliphatic heterocycles. The van der Waals surface area contributed by atoms with Crippen LogP contribution in [0.2, 0.25) is 0 Å². The first-order valence-electron chi connectivity index (χ1n) is 6.52. The van der Waals surface area contributed by atoms with Gasteiger partial charge in [-0.1, -0.05) is 6.07 Å². The molecule has 20 heavy (non-hydrogen) atoms. The van der Waals surface area contributed by atoms with Gasteiger partial charge in [-0.2, -0.15) is 0 Å². The summed E-state index contributed by atoms with van der Waals surface area (Å²) in [6, 6.07) is 4.49. The fourth-order valence-corrected chi connectivity index (χ4v) is 2.90. The van der Waals surface area contributed by atoms with Gasteiger partial charge in [-0.3, -0.25) is 4.79 Å². The Balaban J connectivity index is 2.23. The molecule has 0 saturated carbocycles. The number of rotatable bonds is 4. The van der Waals surface area contributed by atoms with Crippen LogP contribution in [0, 0.1) is 6.92 Å². The van der Waals surface area contributed by atoms with Crippen LogP contribution in [-0.4, -0.2) is 34.0 Å². The monoisotopic (exact) mass is 297 g/mol. The molecule has 1 aromatic carbocycles. The predicted octanol–water partition coefficient (Wildman–Crippen LogP) is 0.594. The molecular formula is C13H19N3O3S. The zero-order chi connectivity index (χ0) is 14.8. The van der Waals surface area contributed by atoms with Gasteiger partial charge < -0.3 is 10.6 Å². The van der Waals surface area contributed by atoms with Crippen LogP contribution in [0.4, 0.5) is 5.69 Å². The molecule has 1 saturated heterocycles. The molecule has 0 bridgehead atoms. The van der Waals surface area contributed by atoms with Crippen LogP contribution >= 0.6 is 0 Å². The molecule has 6 nitrogen and oxygen atoms in total. The molecule has 0 aromatic heterocycles. The Morgan fingerprint density at radius 1 is 1.40 bits per heavy atom. The molecular weight excluding hydrogens is 278 g/mol. The molecule has 1 fully saturated rings. The highest BCUT2D eigenvalue weighted by Gasteiger charge is 2.23. The number of benzene rings is 1. The first-order valence-corrected chi connectivity index (χ1v) is 8.01. The maximum atomic E-state index is 12.1. The van der Waals surface area contributed by atoms with Gasteiger partial charge in [-0.15, -0.1) is 0 Å². The van der Waals surface area contributed by atoms with Crippen molar-refractivity contribution in [2.24, 2.45) is 0 Å². The molecule has 0 aliphatic carbocycles.